The van der Waals surface area contributed by atoms with Crippen LogP contribution in [0.25, 0.3) is 9.69 Å². The van der Waals surface area contributed by atoms with Crippen LogP contribution in [0.4, 0.5) is 0 Å². The van der Waals surface area contributed by atoms with Gasteiger partial charge in [-0.15, -0.1) is 11.8 Å². The average Bonchev–Trinajstić information content (AvgIpc) is 3.86. The summed E-state index contributed by atoms with van der Waals surface area (Å²) < 4.78 is 36.3. The highest BCUT2D eigenvalue weighted by molar-refractivity contribution is 8.00. The van der Waals surface area contributed by atoms with Gasteiger partial charge in [0.2, 0.25) is 0 Å². The number of nitrogens with zero attached hydrogens (tertiary/aromatic N) is 2. The Kier molecular flexibility index (Phi) is 11.5. The number of sulfone groups is 1. The second-order valence-corrected chi connectivity index (χ2v) is 17.2. The molecule has 2 aliphatic rings. The van der Waals surface area contributed by atoms with Crippen LogP contribution in [0, 0.1) is 13.1 Å². The molecule has 46 heavy (non-hydrogen) atoms. The maximum Gasteiger partial charge on any atom is 0.396 e. The molecule has 248 valence electrons. The van der Waals surface area contributed by atoms with Crippen LogP contribution in [0.15, 0.2) is 60.7 Å². The monoisotopic (exact) mass is 666 g/mol. The van der Waals surface area contributed by atoms with Gasteiger partial charge in [0, 0.05) is 0 Å². The number of ether oxygens (including phenoxy) is 2. The zero-order valence-corrected chi connectivity index (χ0v) is 29.7. The Hall–Kier alpha value is -3.34. The molecule has 0 amide bonds. The molecule has 2 fully saturated rings. The van der Waals surface area contributed by atoms with Gasteiger partial charge in [-0.2, -0.15) is 0 Å². The normalized spacial score (nSPS) is 26.7. The Morgan fingerprint density at radius 2 is 1.20 bits per heavy atom. The predicted octanol–water partition coefficient (Wildman–Crippen LogP) is 7.27. The number of hydrogen-bond acceptors (Lipinski definition) is 7. The minimum atomic E-state index is -3.57. The highest BCUT2D eigenvalue weighted by Crippen LogP contribution is 2.62. The van der Waals surface area contributed by atoms with Gasteiger partial charge in [0.1, 0.15) is 22.4 Å². The Morgan fingerprint density at radius 3 is 1.59 bits per heavy atom. The van der Waals surface area contributed by atoms with Crippen molar-refractivity contribution < 1.29 is 27.5 Å². The topological polar surface area (TPSA) is 95.5 Å². The molecule has 0 saturated heterocycles. The summed E-state index contributed by atoms with van der Waals surface area (Å²) >= 11 is 1.72. The quantitative estimate of drug-likeness (QED) is 0.194. The van der Waals surface area contributed by atoms with Gasteiger partial charge in [0.25, 0.3) is 0 Å². The number of thioether (sulfide) groups is 1. The molecule has 4 rings (SSSR count). The van der Waals surface area contributed by atoms with Crippen LogP contribution in [0.1, 0.15) is 91.2 Å². The number of rotatable bonds is 10. The minimum absolute atomic E-state index is 0.0119. The number of benzene rings is 2. The third-order valence-corrected chi connectivity index (χ3v) is 11.7. The summed E-state index contributed by atoms with van der Waals surface area (Å²) in [4.78, 5) is 32.7. The Morgan fingerprint density at radius 1 is 0.761 bits per heavy atom. The van der Waals surface area contributed by atoms with Gasteiger partial charge >= 0.3 is 23.0 Å². The van der Waals surface area contributed by atoms with Crippen LogP contribution >= 0.6 is 11.8 Å². The second-order valence-electron chi connectivity index (χ2n) is 13.7. The zero-order valence-electron chi connectivity index (χ0n) is 28.1. The molecule has 2 aliphatic carbocycles. The van der Waals surface area contributed by atoms with E-state index >= 15 is 0 Å². The number of esters is 2. The third kappa shape index (κ3) is 7.78. The van der Waals surface area contributed by atoms with E-state index in [2.05, 4.69) is 16.6 Å². The van der Waals surface area contributed by atoms with Crippen LogP contribution in [0.5, 0.6) is 0 Å². The van der Waals surface area contributed by atoms with Crippen molar-refractivity contribution in [3.05, 3.63) is 94.6 Å². The first-order chi connectivity index (χ1) is 21.5. The Labute approximate surface area is 279 Å². The lowest BCUT2D eigenvalue weighted by Crippen LogP contribution is -2.36. The molecule has 10 heteroatoms. The van der Waals surface area contributed by atoms with Gasteiger partial charge in [-0.05, 0) is 71.3 Å². The van der Waals surface area contributed by atoms with Crippen molar-refractivity contribution in [2.75, 3.05) is 11.5 Å². The Balaban J connectivity index is 0.000000251. The maximum absolute atomic E-state index is 12.7. The lowest BCUT2D eigenvalue weighted by Gasteiger charge is -2.20. The molecule has 0 radical (unpaired) electrons. The summed E-state index contributed by atoms with van der Waals surface area (Å²) in [6.45, 7) is 29.8. The summed E-state index contributed by atoms with van der Waals surface area (Å²) in [5.74, 6) is -0.962. The predicted molar refractivity (Wildman–Crippen MR) is 183 cm³/mol. The summed E-state index contributed by atoms with van der Waals surface area (Å²) in [5, 5.41) is -1.05. The molecule has 0 aromatic heterocycles. The van der Waals surface area contributed by atoms with Crippen LogP contribution in [0.3, 0.4) is 0 Å². The van der Waals surface area contributed by atoms with Gasteiger partial charge < -0.3 is 9.47 Å². The summed E-state index contributed by atoms with van der Waals surface area (Å²) in [7, 11) is -3.57. The summed E-state index contributed by atoms with van der Waals surface area (Å²) in [5.41, 5.74) is -2.35. The van der Waals surface area contributed by atoms with Gasteiger partial charge in [-0.25, -0.2) is 31.2 Å². The molecule has 6 atom stereocenters. The van der Waals surface area contributed by atoms with Gasteiger partial charge in [-0.3, -0.25) is 9.69 Å². The van der Waals surface area contributed by atoms with Crippen LogP contribution in [-0.4, -0.2) is 64.6 Å². The third-order valence-electron chi connectivity index (χ3n) is 7.72. The first-order valence-corrected chi connectivity index (χ1v) is 18.4. The number of carbonyl (C=O) groups is 2. The molecule has 8 nitrogen and oxygen atoms in total. The van der Waals surface area contributed by atoms with E-state index in [1.54, 1.807) is 63.7 Å². The molecule has 0 aliphatic heterocycles. The van der Waals surface area contributed by atoms with Gasteiger partial charge in [0.05, 0.1) is 11.7 Å². The van der Waals surface area contributed by atoms with Crippen molar-refractivity contribution in [3.63, 3.8) is 0 Å². The number of hydrogen-bond donors (Lipinski definition) is 0. The molecule has 2 saturated carbocycles. The van der Waals surface area contributed by atoms with E-state index in [-0.39, 0.29) is 22.9 Å². The molecule has 0 heterocycles. The first kappa shape index (κ1) is 37.1. The van der Waals surface area contributed by atoms with Crippen LogP contribution < -0.4 is 0 Å². The Bertz CT molecular complexity index is 1570. The lowest BCUT2D eigenvalue weighted by atomic mass is 10.1. The van der Waals surface area contributed by atoms with E-state index in [9.17, 15) is 18.0 Å². The SMILES string of the molecule is [C-]#[N+][C@@]1(C(=O)OC(C)(C)C)[C@@H](SCCC)[C@@H]1c1ccccc1.[C-]#[N+][C@]1(C(=O)OC(C)(C)C)[C@@H](c2ccccc2)[C@@H]1S(=O)(=O)CCC. The molecule has 2 aromatic carbocycles. The lowest BCUT2D eigenvalue weighted by molar-refractivity contribution is -0.157. The molecule has 0 unspecified atom stereocenters. The highest BCUT2D eigenvalue weighted by atomic mass is 32.2. The second kappa shape index (κ2) is 14.2. The minimum Gasteiger partial charge on any atom is -0.454 e. The van der Waals surface area contributed by atoms with E-state index in [4.69, 9.17) is 22.6 Å². The van der Waals surface area contributed by atoms with Crippen LogP contribution in [-0.2, 0) is 28.9 Å². The van der Waals surface area contributed by atoms with Gasteiger partial charge in [-0.1, -0.05) is 74.5 Å². The molecule has 0 bridgehead atoms. The van der Waals surface area contributed by atoms with Crippen LogP contribution in [0.2, 0.25) is 0 Å². The smallest absolute Gasteiger partial charge is 0.396 e. The summed E-state index contributed by atoms with van der Waals surface area (Å²) in [6, 6.07) is 18.8. The van der Waals surface area contributed by atoms with E-state index < -0.39 is 49.3 Å². The standard InChI is InChI=1S/C18H23NO4S.C18H23NO2S/c1-6-12-24(21,22)15-14(13-10-8-7-9-11-13)18(15,19-5)16(20)23-17(2,3)4;1-6-12-22-15-14(13-10-8-7-9-11-13)18(15,19-5)16(20)21-17(2,3)4/h7-11,14-15H,6,12H2,1-4H3;7-11,14-15H,6,12H2,1-4H3/t2*14-,15-,18+/m00/s1. The molecule has 0 N–H and O–H groups in total. The molecular weight excluding hydrogens is 621 g/mol. The molecular formula is C36H46N2O6S2. The maximum atomic E-state index is 12.7. The summed E-state index contributed by atoms with van der Waals surface area (Å²) in [6.07, 6.45) is 1.48. The largest absolute Gasteiger partial charge is 0.454 e. The fourth-order valence-electron chi connectivity index (χ4n) is 5.79. The van der Waals surface area contributed by atoms with Crippen molar-refractivity contribution in [2.45, 2.75) is 113 Å². The van der Waals surface area contributed by atoms with E-state index in [0.29, 0.717) is 12.0 Å². The highest BCUT2D eigenvalue weighted by Gasteiger charge is 2.84. The fourth-order valence-corrected chi connectivity index (χ4v) is 9.67. The molecule has 0 spiro atoms. The van der Waals surface area contributed by atoms with Crippen molar-refractivity contribution in [1.82, 2.24) is 0 Å². The van der Waals surface area contributed by atoms with Crippen molar-refractivity contribution in [3.8, 4) is 0 Å². The van der Waals surface area contributed by atoms with E-state index in [0.717, 1.165) is 17.7 Å². The van der Waals surface area contributed by atoms with E-state index in [1.165, 1.54) is 0 Å². The average molecular weight is 667 g/mol. The fraction of sp³-hybridized carbons (Fsp3) is 0.556. The van der Waals surface area contributed by atoms with Crippen molar-refractivity contribution in [1.29, 1.82) is 0 Å². The number of carbonyl (C=O) groups excluding carboxylic acids is 2. The molecule has 2 aromatic rings. The van der Waals surface area contributed by atoms with Gasteiger partial charge in [0.15, 0.2) is 15.1 Å². The van der Waals surface area contributed by atoms with Crippen molar-refractivity contribution in [2.24, 2.45) is 0 Å². The van der Waals surface area contributed by atoms with Crippen molar-refractivity contribution >= 4 is 33.5 Å². The first-order valence-electron chi connectivity index (χ1n) is 15.6. The zero-order chi connectivity index (χ0) is 34.6. The van der Waals surface area contributed by atoms with E-state index in [1.807, 2.05) is 57.2 Å².